The van der Waals surface area contributed by atoms with Gasteiger partial charge in [-0.15, -0.1) is 0 Å². The van der Waals surface area contributed by atoms with Gasteiger partial charge in [0.1, 0.15) is 23.0 Å². The van der Waals surface area contributed by atoms with Crippen LogP contribution in [0.4, 0.5) is 11.4 Å². The highest BCUT2D eigenvalue weighted by Gasteiger charge is 2.11. The molecule has 0 fully saturated rings. The second kappa shape index (κ2) is 9.86. The molecule has 0 atom stereocenters. The average molecular weight is 442 g/mol. The van der Waals surface area contributed by atoms with Gasteiger partial charge in [0.2, 0.25) is 10.0 Å². The van der Waals surface area contributed by atoms with Gasteiger partial charge in [0.05, 0.1) is 19.1 Å². The summed E-state index contributed by atoms with van der Waals surface area (Å²) >= 11 is 0. The van der Waals surface area contributed by atoms with E-state index in [1.807, 2.05) is 30.3 Å². The molecule has 0 aliphatic heterocycles. The van der Waals surface area contributed by atoms with E-state index in [1.165, 1.54) is 19.2 Å². The zero-order valence-electron chi connectivity index (χ0n) is 17.0. The Morgan fingerprint density at radius 1 is 0.903 bits per heavy atom. The molecule has 3 aromatic rings. The summed E-state index contributed by atoms with van der Waals surface area (Å²) in [6.45, 7) is -0.204. The molecule has 31 heavy (non-hydrogen) atoms. The molecule has 0 radical (unpaired) electrons. The first-order valence-electron chi connectivity index (χ1n) is 9.24. The van der Waals surface area contributed by atoms with Crippen molar-refractivity contribution < 1.29 is 27.4 Å². The molecule has 2 N–H and O–H groups in total. The Hall–Kier alpha value is -3.72. The number of benzene rings is 3. The van der Waals surface area contributed by atoms with Crippen LogP contribution in [0.5, 0.6) is 23.0 Å². The number of amides is 1. The second-order valence-corrected chi connectivity index (χ2v) is 8.26. The Morgan fingerprint density at radius 3 is 2.19 bits per heavy atom. The fraction of sp³-hybridized carbons (Fsp3) is 0.136. The smallest absolute Gasteiger partial charge is 0.262 e. The highest BCUT2D eigenvalue weighted by molar-refractivity contribution is 7.92. The van der Waals surface area contributed by atoms with Crippen molar-refractivity contribution in [3.8, 4) is 23.0 Å². The number of methoxy groups -OCH3 is 1. The molecule has 162 valence electrons. The van der Waals surface area contributed by atoms with Crippen molar-refractivity contribution in [2.24, 2.45) is 0 Å². The molecule has 1 amide bonds. The van der Waals surface area contributed by atoms with Gasteiger partial charge < -0.3 is 19.5 Å². The Bertz CT molecular complexity index is 1130. The maximum absolute atomic E-state index is 12.2. The molecule has 0 aliphatic carbocycles. The molecule has 3 aromatic carbocycles. The number of carbonyl (C=O) groups is 1. The van der Waals surface area contributed by atoms with Gasteiger partial charge in [-0.3, -0.25) is 9.52 Å². The van der Waals surface area contributed by atoms with E-state index < -0.39 is 10.0 Å². The zero-order chi connectivity index (χ0) is 22.3. The summed E-state index contributed by atoms with van der Waals surface area (Å²) in [7, 11) is -2.05. The fourth-order valence-corrected chi connectivity index (χ4v) is 3.20. The number of rotatable bonds is 9. The lowest BCUT2D eigenvalue weighted by Gasteiger charge is -2.13. The van der Waals surface area contributed by atoms with Crippen molar-refractivity contribution in [1.29, 1.82) is 0 Å². The summed E-state index contributed by atoms with van der Waals surface area (Å²) in [5, 5.41) is 2.68. The van der Waals surface area contributed by atoms with Gasteiger partial charge >= 0.3 is 0 Å². The topological polar surface area (TPSA) is 103 Å². The minimum Gasteiger partial charge on any atom is -0.494 e. The van der Waals surface area contributed by atoms with Crippen LogP contribution < -0.4 is 24.2 Å². The summed E-state index contributed by atoms with van der Waals surface area (Å²) in [5.74, 6) is 1.79. The van der Waals surface area contributed by atoms with Crippen LogP contribution in [0.3, 0.4) is 0 Å². The van der Waals surface area contributed by atoms with E-state index in [-0.39, 0.29) is 24.0 Å². The van der Waals surface area contributed by atoms with Crippen molar-refractivity contribution >= 4 is 27.3 Å². The first-order chi connectivity index (χ1) is 14.8. The van der Waals surface area contributed by atoms with Gasteiger partial charge in [-0.25, -0.2) is 8.42 Å². The molecule has 0 aliphatic rings. The molecule has 3 rings (SSSR count). The normalized spacial score (nSPS) is 10.8. The maximum atomic E-state index is 12.2. The highest BCUT2D eigenvalue weighted by Crippen LogP contribution is 2.29. The number of para-hydroxylation sites is 1. The number of anilines is 2. The Labute approximate surface area is 180 Å². The van der Waals surface area contributed by atoms with Crippen LogP contribution >= 0.6 is 0 Å². The number of carbonyl (C=O) groups excluding carboxylic acids is 1. The number of nitrogens with one attached hydrogen (secondary N) is 2. The molecule has 0 saturated carbocycles. The monoisotopic (exact) mass is 442 g/mol. The Morgan fingerprint density at radius 2 is 1.55 bits per heavy atom. The maximum Gasteiger partial charge on any atom is 0.262 e. The predicted octanol–water partition coefficient (Wildman–Crippen LogP) is 3.88. The van der Waals surface area contributed by atoms with Gasteiger partial charge in [0, 0.05) is 11.8 Å². The summed E-state index contributed by atoms with van der Waals surface area (Å²) in [5.41, 5.74) is 0.716. The standard InChI is InChI=1S/C22H22N2O6S/c1-28-21-14-16(8-13-20(21)24-31(2,26)27)23-22(25)15-29-17-9-11-19(12-10-17)30-18-6-4-3-5-7-18/h3-14,24H,15H2,1-2H3,(H,23,25). The Balaban J connectivity index is 1.54. The van der Waals surface area contributed by atoms with Crippen molar-refractivity contribution in [1.82, 2.24) is 0 Å². The van der Waals surface area contributed by atoms with E-state index in [0.717, 1.165) is 12.0 Å². The molecule has 9 heteroatoms. The van der Waals surface area contributed by atoms with Crippen LogP contribution in [0.1, 0.15) is 0 Å². The molecular formula is C22H22N2O6S. The first-order valence-corrected chi connectivity index (χ1v) is 11.1. The minimum absolute atomic E-state index is 0.204. The third-order valence-electron chi connectivity index (χ3n) is 3.95. The lowest BCUT2D eigenvalue weighted by atomic mass is 10.2. The average Bonchev–Trinajstić information content (AvgIpc) is 2.74. The number of hydrogen-bond donors (Lipinski definition) is 2. The second-order valence-electron chi connectivity index (χ2n) is 6.51. The molecule has 0 aromatic heterocycles. The van der Waals surface area contributed by atoms with Gasteiger partial charge in [-0.2, -0.15) is 0 Å². The van der Waals surface area contributed by atoms with Crippen LogP contribution in [0.25, 0.3) is 0 Å². The molecule has 0 saturated heterocycles. The molecule has 0 unspecified atom stereocenters. The van der Waals surface area contributed by atoms with Crippen LogP contribution in [-0.2, 0) is 14.8 Å². The van der Waals surface area contributed by atoms with E-state index >= 15 is 0 Å². The Kier molecular flexibility index (Phi) is 6.99. The summed E-state index contributed by atoms with van der Waals surface area (Å²) < 4.78 is 41.5. The zero-order valence-corrected chi connectivity index (χ0v) is 17.8. The van der Waals surface area contributed by atoms with E-state index in [9.17, 15) is 13.2 Å². The molecular weight excluding hydrogens is 420 g/mol. The van der Waals surface area contributed by atoms with Gasteiger partial charge in [-0.1, -0.05) is 18.2 Å². The van der Waals surface area contributed by atoms with Crippen molar-refractivity contribution in [2.75, 3.05) is 30.0 Å². The van der Waals surface area contributed by atoms with E-state index in [2.05, 4.69) is 10.0 Å². The minimum atomic E-state index is -3.45. The molecule has 0 spiro atoms. The van der Waals surface area contributed by atoms with Crippen molar-refractivity contribution in [2.45, 2.75) is 0 Å². The predicted molar refractivity (Wildman–Crippen MR) is 119 cm³/mol. The first kappa shape index (κ1) is 22.0. The van der Waals surface area contributed by atoms with Gasteiger partial charge in [0.15, 0.2) is 6.61 Å². The van der Waals surface area contributed by atoms with E-state index in [0.29, 0.717) is 17.2 Å². The number of ether oxygens (including phenoxy) is 3. The molecule has 0 bridgehead atoms. The largest absolute Gasteiger partial charge is 0.494 e. The van der Waals surface area contributed by atoms with Gasteiger partial charge in [0.25, 0.3) is 5.91 Å². The highest BCUT2D eigenvalue weighted by atomic mass is 32.2. The fourth-order valence-electron chi connectivity index (χ4n) is 2.63. The van der Waals surface area contributed by atoms with Crippen LogP contribution in [0, 0.1) is 0 Å². The summed E-state index contributed by atoms with van der Waals surface area (Å²) in [6, 6.07) is 20.9. The molecule has 8 nitrogen and oxygen atoms in total. The third-order valence-corrected chi connectivity index (χ3v) is 4.54. The van der Waals surface area contributed by atoms with Crippen LogP contribution in [-0.4, -0.2) is 34.3 Å². The summed E-state index contributed by atoms with van der Waals surface area (Å²) in [4.78, 5) is 12.2. The van der Waals surface area contributed by atoms with Crippen molar-refractivity contribution in [3.63, 3.8) is 0 Å². The SMILES string of the molecule is COc1cc(NC(=O)COc2ccc(Oc3ccccc3)cc2)ccc1NS(C)(=O)=O. The van der Waals surface area contributed by atoms with E-state index in [4.69, 9.17) is 14.2 Å². The third kappa shape index (κ3) is 6.93. The van der Waals surface area contributed by atoms with Crippen LogP contribution in [0.2, 0.25) is 0 Å². The summed E-state index contributed by atoms with van der Waals surface area (Å²) in [6.07, 6.45) is 1.04. The van der Waals surface area contributed by atoms with Crippen molar-refractivity contribution in [3.05, 3.63) is 72.8 Å². The number of hydrogen-bond acceptors (Lipinski definition) is 6. The quantitative estimate of drug-likeness (QED) is 0.521. The van der Waals surface area contributed by atoms with Gasteiger partial charge in [-0.05, 0) is 48.5 Å². The lowest BCUT2D eigenvalue weighted by molar-refractivity contribution is -0.118. The molecule has 0 heterocycles. The lowest BCUT2D eigenvalue weighted by Crippen LogP contribution is -2.20. The van der Waals surface area contributed by atoms with E-state index in [1.54, 1.807) is 30.3 Å². The van der Waals surface area contributed by atoms with Crippen LogP contribution in [0.15, 0.2) is 72.8 Å². The number of sulfonamides is 1.